The van der Waals surface area contributed by atoms with E-state index in [4.69, 9.17) is 5.26 Å². The number of hydrogen-bond donors (Lipinski definition) is 1. The lowest BCUT2D eigenvalue weighted by Gasteiger charge is -2.04. The van der Waals surface area contributed by atoms with Gasteiger partial charge in [-0.15, -0.1) is 0 Å². The summed E-state index contributed by atoms with van der Waals surface area (Å²) in [5.41, 5.74) is 1.66. The van der Waals surface area contributed by atoms with Crippen LogP contribution < -0.4 is 5.32 Å². The zero-order valence-corrected chi connectivity index (χ0v) is 10.3. The molecular weight excluding hydrogens is 238 g/mol. The van der Waals surface area contributed by atoms with Gasteiger partial charge in [0.25, 0.3) is 0 Å². The van der Waals surface area contributed by atoms with Crippen molar-refractivity contribution in [3.05, 3.63) is 59.8 Å². The normalized spacial score (nSPS) is 9.63. The third kappa shape index (κ3) is 3.93. The highest BCUT2D eigenvalue weighted by Gasteiger charge is 2.03. The molecule has 0 saturated heterocycles. The van der Waals surface area contributed by atoms with Gasteiger partial charge < -0.3 is 5.32 Å². The maximum absolute atomic E-state index is 11.7. The molecule has 2 aromatic rings. The quantitative estimate of drug-likeness (QED) is 0.908. The van der Waals surface area contributed by atoms with E-state index in [-0.39, 0.29) is 5.91 Å². The lowest BCUT2D eigenvalue weighted by molar-refractivity contribution is -0.116. The Morgan fingerprint density at radius 2 is 2.00 bits per heavy atom. The number of aryl methyl sites for hydroxylation is 1. The average Bonchev–Trinajstić information content (AvgIpc) is 2.47. The Morgan fingerprint density at radius 1 is 1.21 bits per heavy atom. The highest BCUT2D eigenvalue weighted by molar-refractivity contribution is 5.89. The number of amides is 1. The first-order chi connectivity index (χ1) is 9.28. The Balaban J connectivity index is 1.85. The van der Waals surface area contributed by atoms with Crippen molar-refractivity contribution in [1.29, 1.82) is 5.26 Å². The molecule has 1 N–H and O–H groups in total. The van der Waals surface area contributed by atoms with Gasteiger partial charge >= 0.3 is 0 Å². The summed E-state index contributed by atoms with van der Waals surface area (Å²) in [4.78, 5) is 15.7. The zero-order chi connectivity index (χ0) is 13.5. The lowest BCUT2D eigenvalue weighted by Crippen LogP contribution is -2.13. The minimum Gasteiger partial charge on any atom is -0.311 e. The third-order valence-corrected chi connectivity index (χ3v) is 2.66. The van der Waals surface area contributed by atoms with Gasteiger partial charge in [-0.3, -0.25) is 4.79 Å². The van der Waals surface area contributed by atoms with Gasteiger partial charge in [-0.25, -0.2) is 4.98 Å². The van der Waals surface area contributed by atoms with Crippen molar-refractivity contribution in [2.75, 3.05) is 5.32 Å². The SMILES string of the molecule is N#Cc1ccc(CCC(=O)Nc2ccccn2)cc1. The lowest BCUT2D eigenvalue weighted by atomic mass is 10.1. The third-order valence-electron chi connectivity index (χ3n) is 2.66. The second-order valence-corrected chi connectivity index (χ2v) is 4.07. The van der Waals surface area contributed by atoms with E-state index in [1.165, 1.54) is 0 Å². The van der Waals surface area contributed by atoms with Crippen molar-refractivity contribution in [2.24, 2.45) is 0 Å². The van der Waals surface area contributed by atoms with Crippen molar-refractivity contribution >= 4 is 11.7 Å². The molecule has 0 saturated carbocycles. The van der Waals surface area contributed by atoms with Crippen LogP contribution in [0.4, 0.5) is 5.82 Å². The molecule has 0 aliphatic rings. The van der Waals surface area contributed by atoms with E-state index < -0.39 is 0 Å². The van der Waals surface area contributed by atoms with Crippen LogP contribution in [0.15, 0.2) is 48.7 Å². The van der Waals surface area contributed by atoms with Crippen LogP contribution in [0.3, 0.4) is 0 Å². The van der Waals surface area contributed by atoms with E-state index in [0.29, 0.717) is 24.2 Å². The van der Waals surface area contributed by atoms with Gasteiger partial charge in [0.1, 0.15) is 5.82 Å². The van der Waals surface area contributed by atoms with Gasteiger partial charge in [0.2, 0.25) is 5.91 Å². The van der Waals surface area contributed by atoms with E-state index in [0.717, 1.165) is 5.56 Å². The molecule has 4 nitrogen and oxygen atoms in total. The molecule has 1 aromatic carbocycles. The van der Waals surface area contributed by atoms with Crippen LogP contribution in [-0.4, -0.2) is 10.9 Å². The largest absolute Gasteiger partial charge is 0.311 e. The average molecular weight is 251 g/mol. The predicted octanol–water partition coefficient (Wildman–Crippen LogP) is 2.52. The number of nitriles is 1. The van der Waals surface area contributed by atoms with Crippen molar-refractivity contribution in [1.82, 2.24) is 4.98 Å². The number of pyridine rings is 1. The molecule has 0 bridgehead atoms. The first kappa shape index (κ1) is 12.8. The Morgan fingerprint density at radius 3 is 2.63 bits per heavy atom. The number of hydrogen-bond acceptors (Lipinski definition) is 3. The predicted molar refractivity (Wildman–Crippen MR) is 72.3 cm³/mol. The summed E-state index contributed by atoms with van der Waals surface area (Å²) in [7, 11) is 0. The molecule has 0 aliphatic carbocycles. The van der Waals surface area contributed by atoms with Gasteiger partial charge in [-0.05, 0) is 36.2 Å². The summed E-state index contributed by atoms with van der Waals surface area (Å²) in [6, 6.07) is 14.7. The molecule has 0 spiro atoms. The highest BCUT2D eigenvalue weighted by atomic mass is 16.1. The summed E-state index contributed by atoms with van der Waals surface area (Å²) < 4.78 is 0. The van der Waals surface area contributed by atoms with Crippen LogP contribution in [0.5, 0.6) is 0 Å². The molecule has 2 rings (SSSR count). The summed E-state index contributed by atoms with van der Waals surface area (Å²) in [5.74, 6) is 0.496. The maximum Gasteiger partial charge on any atom is 0.225 e. The van der Waals surface area contributed by atoms with Crippen LogP contribution in [-0.2, 0) is 11.2 Å². The smallest absolute Gasteiger partial charge is 0.225 e. The summed E-state index contributed by atoms with van der Waals surface area (Å²) >= 11 is 0. The van der Waals surface area contributed by atoms with Gasteiger partial charge in [0.05, 0.1) is 11.6 Å². The van der Waals surface area contributed by atoms with Crippen LogP contribution >= 0.6 is 0 Å². The second-order valence-electron chi connectivity index (χ2n) is 4.07. The van der Waals surface area contributed by atoms with E-state index in [9.17, 15) is 4.79 Å². The molecule has 1 heterocycles. The Hall–Kier alpha value is -2.67. The number of rotatable bonds is 4. The number of carbonyl (C=O) groups excluding carboxylic acids is 1. The minimum absolute atomic E-state index is 0.0666. The van der Waals surface area contributed by atoms with Crippen molar-refractivity contribution in [3.63, 3.8) is 0 Å². The highest BCUT2D eigenvalue weighted by Crippen LogP contribution is 2.07. The second kappa shape index (κ2) is 6.31. The Labute approximate surface area is 111 Å². The van der Waals surface area contributed by atoms with E-state index in [1.54, 1.807) is 30.5 Å². The van der Waals surface area contributed by atoms with E-state index in [2.05, 4.69) is 16.4 Å². The van der Waals surface area contributed by atoms with Crippen molar-refractivity contribution in [2.45, 2.75) is 12.8 Å². The van der Waals surface area contributed by atoms with E-state index >= 15 is 0 Å². The number of aromatic nitrogens is 1. The number of benzene rings is 1. The molecule has 0 fully saturated rings. The summed E-state index contributed by atoms with van der Waals surface area (Å²) in [6.45, 7) is 0. The van der Waals surface area contributed by atoms with Crippen molar-refractivity contribution < 1.29 is 4.79 Å². The Bertz CT molecular complexity index is 585. The number of nitrogens with one attached hydrogen (secondary N) is 1. The summed E-state index contributed by atoms with van der Waals surface area (Å²) in [6.07, 6.45) is 2.67. The number of nitrogens with zero attached hydrogens (tertiary/aromatic N) is 2. The molecule has 0 atom stereocenters. The fraction of sp³-hybridized carbons (Fsp3) is 0.133. The standard InChI is InChI=1S/C15H13N3O/c16-11-13-6-4-12(5-7-13)8-9-15(19)18-14-3-1-2-10-17-14/h1-7,10H,8-9H2,(H,17,18,19). The first-order valence-corrected chi connectivity index (χ1v) is 5.98. The maximum atomic E-state index is 11.7. The number of carbonyl (C=O) groups is 1. The zero-order valence-electron chi connectivity index (χ0n) is 10.3. The molecule has 1 amide bonds. The molecule has 0 radical (unpaired) electrons. The molecule has 0 unspecified atom stereocenters. The molecule has 4 heteroatoms. The Kier molecular flexibility index (Phi) is 4.25. The number of anilines is 1. The van der Waals surface area contributed by atoms with Gasteiger partial charge in [-0.2, -0.15) is 5.26 Å². The first-order valence-electron chi connectivity index (χ1n) is 5.98. The van der Waals surface area contributed by atoms with Crippen LogP contribution in [0, 0.1) is 11.3 Å². The molecule has 94 valence electrons. The summed E-state index contributed by atoms with van der Waals surface area (Å²) in [5, 5.41) is 11.4. The van der Waals surface area contributed by atoms with Crippen LogP contribution in [0.1, 0.15) is 17.5 Å². The van der Waals surface area contributed by atoms with E-state index in [1.807, 2.05) is 18.2 Å². The minimum atomic E-state index is -0.0666. The van der Waals surface area contributed by atoms with Gasteiger partial charge in [-0.1, -0.05) is 18.2 Å². The van der Waals surface area contributed by atoms with Crippen molar-refractivity contribution in [3.8, 4) is 6.07 Å². The van der Waals surface area contributed by atoms with Crippen LogP contribution in [0.2, 0.25) is 0 Å². The van der Waals surface area contributed by atoms with Gasteiger partial charge in [0, 0.05) is 12.6 Å². The van der Waals surface area contributed by atoms with Gasteiger partial charge in [0.15, 0.2) is 0 Å². The molecule has 0 aliphatic heterocycles. The molecule has 19 heavy (non-hydrogen) atoms. The molecule has 1 aromatic heterocycles. The van der Waals surface area contributed by atoms with Crippen LogP contribution in [0.25, 0.3) is 0 Å². The monoisotopic (exact) mass is 251 g/mol. The fourth-order valence-electron chi connectivity index (χ4n) is 1.65. The molecular formula is C15H13N3O. The fourth-order valence-corrected chi connectivity index (χ4v) is 1.65. The topological polar surface area (TPSA) is 65.8 Å².